The molecule has 0 N–H and O–H groups in total. The zero-order valence-corrected chi connectivity index (χ0v) is 23.9. The van der Waals surface area contributed by atoms with Crippen molar-refractivity contribution in [1.82, 2.24) is 0 Å². The van der Waals surface area contributed by atoms with Crippen LogP contribution in [0.1, 0.15) is 39.5 Å². The minimum atomic E-state index is 0.715. The molecule has 4 heterocycles. The lowest BCUT2D eigenvalue weighted by molar-refractivity contribution is 0.303. The van der Waals surface area contributed by atoms with Crippen molar-refractivity contribution in [3.8, 4) is 51.9 Å². The second-order valence-electron chi connectivity index (χ2n) is 8.53. The third-order valence-electron chi connectivity index (χ3n) is 5.86. The van der Waals surface area contributed by atoms with Crippen LogP contribution in [0, 0.1) is 0 Å². The molecule has 0 atom stereocenters. The van der Waals surface area contributed by atoms with Crippen molar-refractivity contribution in [2.24, 2.45) is 0 Å². The minimum absolute atomic E-state index is 0.715. The molecule has 0 radical (unpaired) electrons. The van der Waals surface area contributed by atoms with Crippen LogP contribution >= 0.6 is 45.3 Å². The smallest absolute Gasteiger partial charge is 0.128 e. The van der Waals surface area contributed by atoms with Gasteiger partial charge in [-0.15, -0.1) is 45.3 Å². The van der Waals surface area contributed by atoms with Gasteiger partial charge in [-0.2, -0.15) is 0 Å². The van der Waals surface area contributed by atoms with E-state index in [0.717, 1.165) is 48.3 Å². The highest BCUT2D eigenvalue weighted by Gasteiger charge is 2.19. The average molecular weight is 551 g/mol. The van der Waals surface area contributed by atoms with Crippen molar-refractivity contribution in [3.05, 3.63) is 71.4 Å². The van der Waals surface area contributed by atoms with Crippen LogP contribution < -0.4 is 9.47 Å². The van der Waals surface area contributed by atoms with E-state index in [1.54, 1.807) is 22.7 Å². The van der Waals surface area contributed by atoms with Crippen molar-refractivity contribution >= 4 is 45.3 Å². The van der Waals surface area contributed by atoms with Gasteiger partial charge in [0.2, 0.25) is 0 Å². The van der Waals surface area contributed by atoms with E-state index >= 15 is 0 Å². The SMILES string of the molecule is CCCCOc1cc(-c2ccc(-c3cccs3)s2)c(OCCCC)cc1-c1ccc(-c2cccs2)s1. The fraction of sp³-hybridized carbons (Fsp3) is 0.267. The average Bonchev–Trinajstić information content (AvgIpc) is 3.71. The Hall–Kier alpha value is -2.38. The number of hydrogen-bond donors (Lipinski definition) is 0. The molecule has 2 nitrogen and oxygen atoms in total. The zero-order valence-electron chi connectivity index (χ0n) is 20.6. The molecule has 4 aromatic heterocycles. The molecule has 0 saturated carbocycles. The largest absolute Gasteiger partial charge is 0.493 e. The number of rotatable bonds is 12. The van der Waals surface area contributed by atoms with Crippen molar-refractivity contribution in [2.75, 3.05) is 13.2 Å². The second kappa shape index (κ2) is 12.2. The standard InChI is InChI=1S/C30H30O2S4/c1-3-5-15-31-23-19-22(26-12-14-30(36-26)28-10-8-18-34-28)24(32-16-6-4-2)20-21(23)25-11-13-29(35-25)27-9-7-17-33-27/h7-14,17-20H,3-6,15-16H2,1-2H3. The van der Waals surface area contributed by atoms with Gasteiger partial charge in [0.05, 0.1) is 13.2 Å². The summed E-state index contributed by atoms with van der Waals surface area (Å²) in [6.07, 6.45) is 4.29. The van der Waals surface area contributed by atoms with Gasteiger partial charge in [-0.3, -0.25) is 0 Å². The number of hydrogen-bond acceptors (Lipinski definition) is 6. The Morgan fingerprint density at radius 3 is 1.39 bits per heavy atom. The van der Waals surface area contributed by atoms with Crippen molar-refractivity contribution in [2.45, 2.75) is 39.5 Å². The summed E-state index contributed by atoms with van der Waals surface area (Å²) >= 11 is 7.19. The molecule has 0 saturated heterocycles. The second-order valence-corrected chi connectivity index (χ2v) is 12.6. The van der Waals surface area contributed by atoms with E-state index in [2.05, 4.69) is 85.3 Å². The molecule has 0 unspecified atom stereocenters. The zero-order chi connectivity index (χ0) is 24.7. The third kappa shape index (κ3) is 5.78. The summed E-state index contributed by atoms with van der Waals surface area (Å²) in [5, 5.41) is 4.27. The summed E-state index contributed by atoms with van der Waals surface area (Å²) < 4.78 is 12.8. The van der Waals surface area contributed by atoms with E-state index in [1.165, 1.54) is 29.3 Å². The summed E-state index contributed by atoms with van der Waals surface area (Å²) in [7, 11) is 0. The van der Waals surface area contributed by atoms with Gasteiger partial charge in [0.25, 0.3) is 0 Å². The van der Waals surface area contributed by atoms with E-state index in [9.17, 15) is 0 Å². The highest BCUT2D eigenvalue weighted by atomic mass is 32.1. The predicted molar refractivity (Wildman–Crippen MR) is 160 cm³/mol. The minimum Gasteiger partial charge on any atom is -0.493 e. The van der Waals surface area contributed by atoms with Crippen LogP contribution in [0.4, 0.5) is 0 Å². The Kier molecular flexibility index (Phi) is 8.59. The van der Waals surface area contributed by atoms with Crippen LogP contribution in [0.15, 0.2) is 71.4 Å². The van der Waals surface area contributed by atoms with Crippen LogP contribution in [-0.2, 0) is 0 Å². The van der Waals surface area contributed by atoms with Crippen LogP contribution in [-0.4, -0.2) is 13.2 Å². The van der Waals surface area contributed by atoms with Crippen LogP contribution in [0.5, 0.6) is 11.5 Å². The number of ether oxygens (including phenoxy) is 2. The molecular weight excluding hydrogens is 521 g/mol. The van der Waals surface area contributed by atoms with Crippen LogP contribution in [0.25, 0.3) is 40.4 Å². The third-order valence-corrected chi connectivity index (χ3v) is 10.2. The van der Waals surface area contributed by atoms with Gasteiger partial charge in [-0.1, -0.05) is 38.8 Å². The van der Waals surface area contributed by atoms with Gasteiger partial charge in [0.15, 0.2) is 0 Å². The van der Waals surface area contributed by atoms with E-state index < -0.39 is 0 Å². The normalized spacial score (nSPS) is 11.2. The summed E-state index contributed by atoms with van der Waals surface area (Å²) in [6, 6.07) is 21.9. The summed E-state index contributed by atoms with van der Waals surface area (Å²) in [6.45, 7) is 5.83. The van der Waals surface area contributed by atoms with Gasteiger partial charge in [-0.05, 0) is 72.1 Å². The molecule has 0 amide bonds. The Morgan fingerprint density at radius 1 is 0.556 bits per heavy atom. The van der Waals surface area contributed by atoms with E-state index in [-0.39, 0.29) is 0 Å². The molecule has 6 heteroatoms. The Bertz CT molecular complexity index is 1250. The molecule has 5 aromatic rings. The molecule has 0 fully saturated rings. The maximum atomic E-state index is 6.41. The Balaban J connectivity index is 1.57. The first-order chi connectivity index (χ1) is 17.8. The lowest BCUT2D eigenvalue weighted by Crippen LogP contribution is -2.02. The monoisotopic (exact) mass is 550 g/mol. The number of benzene rings is 1. The summed E-state index contributed by atoms with van der Waals surface area (Å²) in [5.41, 5.74) is 2.23. The Labute approximate surface area is 229 Å². The summed E-state index contributed by atoms with van der Waals surface area (Å²) in [4.78, 5) is 7.60. The fourth-order valence-corrected chi connectivity index (χ4v) is 7.63. The lowest BCUT2D eigenvalue weighted by Gasteiger charge is -2.17. The maximum Gasteiger partial charge on any atom is 0.128 e. The molecule has 5 rings (SSSR count). The van der Waals surface area contributed by atoms with E-state index in [1.807, 2.05) is 22.7 Å². The van der Waals surface area contributed by atoms with Crippen LogP contribution in [0.2, 0.25) is 0 Å². The molecule has 0 aliphatic heterocycles. The first-order valence-electron chi connectivity index (χ1n) is 12.5. The first-order valence-corrected chi connectivity index (χ1v) is 15.9. The molecule has 36 heavy (non-hydrogen) atoms. The molecule has 1 aromatic carbocycles. The van der Waals surface area contributed by atoms with Crippen LogP contribution in [0.3, 0.4) is 0 Å². The molecule has 186 valence electrons. The molecular formula is C30H30O2S4. The topological polar surface area (TPSA) is 18.5 Å². The quantitative estimate of drug-likeness (QED) is 0.144. The van der Waals surface area contributed by atoms with Gasteiger partial charge in [-0.25, -0.2) is 0 Å². The highest BCUT2D eigenvalue weighted by Crippen LogP contribution is 2.47. The van der Waals surface area contributed by atoms with Gasteiger partial charge >= 0.3 is 0 Å². The predicted octanol–water partition coefficient (Wildman–Crippen LogP) is 11.0. The number of unbranched alkanes of at least 4 members (excludes halogenated alkanes) is 2. The molecule has 0 aliphatic carbocycles. The maximum absolute atomic E-state index is 6.41. The van der Waals surface area contributed by atoms with E-state index in [0.29, 0.717) is 13.2 Å². The van der Waals surface area contributed by atoms with Crippen molar-refractivity contribution < 1.29 is 9.47 Å². The first kappa shape index (κ1) is 25.3. The van der Waals surface area contributed by atoms with E-state index in [4.69, 9.17) is 9.47 Å². The summed E-state index contributed by atoms with van der Waals surface area (Å²) in [5.74, 6) is 1.87. The van der Waals surface area contributed by atoms with Gasteiger partial charge in [0.1, 0.15) is 11.5 Å². The molecule has 0 spiro atoms. The number of thiophene rings is 4. The fourth-order valence-electron chi connectivity index (χ4n) is 3.90. The molecule has 0 aliphatic rings. The highest BCUT2D eigenvalue weighted by molar-refractivity contribution is 7.23. The van der Waals surface area contributed by atoms with Crippen molar-refractivity contribution in [3.63, 3.8) is 0 Å². The lowest BCUT2D eigenvalue weighted by atomic mass is 10.1. The molecule has 0 bridgehead atoms. The van der Waals surface area contributed by atoms with Gasteiger partial charge < -0.3 is 9.47 Å². The van der Waals surface area contributed by atoms with Crippen molar-refractivity contribution in [1.29, 1.82) is 0 Å². The van der Waals surface area contributed by atoms with Gasteiger partial charge in [0, 0.05) is 40.4 Å². The Morgan fingerprint density at radius 2 is 1.00 bits per heavy atom.